The lowest BCUT2D eigenvalue weighted by molar-refractivity contribution is 0.0951. The van der Waals surface area contributed by atoms with Crippen LogP contribution < -0.4 is 11.1 Å². The zero-order valence-electron chi connectivity index (χ0n) is 8.97. The van der Waals surface area contributed by atoms with Gasteiger partial charge >= 0.3 is 0 Å². The Morgan fingerprint density at radius 3 is 2.94 bits per heavy atom. The van der Waals surface area contributed by atoms with Gasteiger partial charge in [-0.3, -0.25) is 4.79 Å². The highest BCUT2D eigenvalue weighted by Gasteiger charge is 2.12. The lowest BCUT2D eigenvalue weighted by Gasteiger charge is -2.08. The standard InChI is InChI=1S/C11H14BrFN2O/c1-7(14)5-6-15-11(16)8-3-2-4-9(13)10(8)12/h2-4,7H,5-6,14H2,1H3,(H,15,16). The second-order valence-corrected chi connectivity index (χ2v) is 4.42. The molecule has 1 unspecified atom stereocenters. The van der Waals surface area contributed by atoms with E-state index in [1.165, 1.54) is 12.1 Å². The van der Waals surface area contributed by atoms with Crippen molar-refractivity contribution in [3.05, 3.63) is 34.1 Å². The summed E-state index contributed by atoms with van der Waals surface area (Å²) in [5, 5.41) is 2.68. The van der Waals surface area contributed by atoms with Crippen LogP contribution in [-0.4, -0.2) is 18.5 Å². The topological polar surface area (TPSA) is 55.1 Å². The van der Waals surface area contributed by atoms with Gasteiger partial charge in [0, 0.05) is 12.6 Å². The third kappa shape index (κ3) is 3.57. The maximum Gasteiger partial charge on any atom is 0.252 e. The fourth-order valence-electron chi connectivity index (χ4n) is 1.19. The molecule has 0 spiro atoms. The molecule has 0 heterocycles. The van der Waals surface area contributed by atoms with Crippen molar-refractivity contribution in [2.45, 2.75) is 19.4 Å². The molecule has 0 aliphatic carbocycles. The van der Waals surface area contributed by atoms with E-state index >= 15 is 0 Å². The van der Waals surface area contributed by atoms with Gasteiger partial charge < -0.3 is 11.1 Å². The van der Waals surface area contributed by atoms with Crippen molar-refractivity contribution < 1.29 is 9.18 Å². The maximum absolute atomic E-state index is 13.1. The van der Waals surface area contributed by atoms with Gasteiger partial charge in [-0.2, -0.15) is 0 Å². The molecule has 0 aromatic heterocycles. The number of hydrogen-bond acceptors (Lipinski definition) is 2. The van der Waals surface area contributed by atoms with Crippen LogP contribution in [0.15, 0.2) is 22.7 Å². The molecule has 3 nitrogen and oxygen atoms in total. The number of carbonyl (C=O) groups is 1. The Morgan fingerprint density at radius 1 is 1.62 bits per heavy atom. The van der Waals surface area contributed by atoms with E-state index in [1.807, 2.05) is 6.92 Å². The highest BCUT2D eigenvalue weighted by atomic mass is 79.9. The number of nitrogens with one attached hydrogen (secondary N) is 1. The number of benzene rings is 1. The van der Waals surface area contributed by atoms with Gasteiger partial charge in [0.25, 0.3) is 5.91 Å². The molecule has 0 saturated heterocycles. The Balaban J connectivity index is 2.63. The Morgan fingerprint density at radius 2 is 2.31 bits per heavy atom. The first kappa shape index (κ1) is 13.1. The number of halogens is 2. The quantitative estimate of drug-likeness (QED) is 0.891. The summed E-state index contributed by atoms with van der Waals surface area (Å²) in [5.74, 6) is -0.744. The highest BCUT2D eigenvalue weighted by Crippen LogP contribution is 2.20. The molecule has 0 bridgehead atoms. The van der Waals surface area contributed by atoms with Crippen molar-refractivity contribution in [3.63, 3.8) is 0 Å². The molecular weight excluding hydrogens is 275 g/mol. The van der Waals surface area contributed by atoms with Crippen molar-refractivity contribution in [3.8, 4) is 0 Å². The molecule has 1 amide bonds. The average molecular weight is 289 g/mol. The Bertz CT molecular complexity index is 382. The van der Waals surface area contributed by atoms with Gasteiger partial charge in [0.05, 0.1) is 10.0 Å². The van der Waals surface area contributed by atoms with E-state index in [1.54, 1.807) is 6.07 Å². The summed E-state index contributed by atoms with van der Waals surface area (Å²) in [6, 6.07) is 4.40. The van der Waals surface area contributed by atoms with E-state index in [0.717, 1.165) is 0 Å². The number of carbonyl (C=O) groups excluding carboxylic acids is 1. The van der Waals surface area contributed by atoms with Crippen molar-refractivity contribution in [1.82, 2.24) is 5.32 Å². The van der Waals surface area contributed by atoms with Crippen molar-refractivity contribution in [2.75, 3.05) is 6.54 Å². The van der Waals surface area contributed by atoms with E-state index < -0.39 is 5.82 Å². The lowest BCUT2D eigenvalue weighted by Crippen LogP contribution is -2.29. The van der Waals surface area contributed by atoms with E-state index in [-0.39, 0.29) is 16.4 Å². The molecule has 88 valence electrons. The predicted octanol–water partition coefficient (Wildman–Crippen LogP) is 2.06. The molecule has 1 aromatic carbocycles. The third-order valence-corrected chi connectivity index (χ3v) is 2.89. The first-order valence-electron chi connectivity index (χ1n) is 5.00. The van der Waals surface area contributed by atoms with Gasteiger partial charge in [0.1, 0.15) is 5.82 Å². The van der Waals surface area contributed by atoms with Gasteiger partial charge in [-0.15, -0.1) is 0 Å². The van der Waals surface area contributed by atoms with Gasteiger partial charge in [-0.1, -0.05) is 6.07 Å². The predicted molar refractivity (Wildman–Crippen MR) is 64.7 cm³/mol. The Labute approximate surface area is 102 Å². The molecule has 1 rings (SSSR count). The minimum absolute atomic E-state index is 0.0382. The molecule has 0 aliphatic heterocycles. The van der Waals surface area contributed by atoms with E-state index in [0.29, 0.717) is 18.5 Å². The molecule has 0 saturated carbocycles. The number of rotatable bonds is 4. The molecular formula is C11H14BrFN2O. The van der Waals surface area contributed by atoms with E-state index in [4.69, 9.17) is 5.73 Å². The van der Waals surface area contributed by atoms with Crippen LogP contribution in [0.3, 0.4) is 0 Å². The van der Waals surface area contributed by atoms with Crippen molar-refractivity contribution in [1.29, 1.82) is 0 Å². The highest BCUT2D eigenvalue weighted by molar-refractivity contribution is 9.10. The zero-order chi connectivity index (χ0) is 12.1. The zero-order valence-corrected chi connectivity index (χ0v) is 10.6. The molecule has 5 heteroatoms. The molecule has 1 atom stereocenters. The summed E-state index contributed by atoms with van der Waals surface area (Å²) in [6.07, 6.45) is 0.693. The summed E-state index contributed by atoms with van der Waals surface area (Å²) in [6.45, 7) is 2.35. The van der Waals surface area contributed by atoms with Gasteiger partial charge in [-0.25, -0.2) is 4.39 Å². The summed E-state index contributed by atoms with van der Waals surface area (Å²) in [4.78, 5) is 11.7. The third-order valence-electron chi connectivity index (χ3n) is 2.08. The second kappa shape index (κ2) is 5.96. The van der Waals surface area contributed by atoms with Gasteiger partial charge in [0.15, 0.2) is 0 Å². The molecule has 1 aromatic rings. The second-order valence-electron chi connectivity index (χ2n) is 3.62. The summed E-state index contributed by atoms with van der Waals surface area (Å²) in [5.41, 5.74) is 5.85. The van der Waals surface area contributed by atoms with Crippen LogP contribution in [0, 0.1) is 5.82 Å². The molecule has 16 heavy (non-hydrogen) atoms. The Kier molecular flexibility index (Phi) is 4.89. The SMILES string of the molecule is CC(N)CCNC(=O)c1cccc(F)c1Br. The monoisotopic (exact) mass is 288 g/mol. The normalized spacial score (nSPS) is 12.2. The van der Waals surface area contributed by atoms with Crippen molar-refractivity contribution >= 4 is 21.8 Å². The maximum atomic E-state index is 13.1. The molecule has 0 aliphatic rings. The van der Waals surface area contributed by atoms with Crippen LogP contribution >= 0.6 is 15.9 Å². The minimum Gasteiger partial charge on any atom is -0.352 e. The van der Waals surface area contributed by atoms with E-state index in [2.05, 4.69) is 21.2 Å². The fourth-order valence-corrected chi connectivity index (χ4v) is 1.63. The first-order valence-corrected chi connectivity index (χ1v) is 5.79. The smallest absolute Gasteiger partial charge is 0.252 e. The van der Waals surface area contributed by atoms with Crippen LogP contribution in [0.2, 0.25) is 0 Å². The minimum atomic E-state index is -0.445. The lowest BCUT2D eigenvalue weighted by atomic mass is 10.2. The first-order chi connectivity index (χ1) is 7.52. The van der Waals surface area contributed by atoms with Crippen LogP contribution in [-0.2, 0) is 0 Å². The van der Waals surface area contributed by atoms with Gasteiger partial charge in [0.2, 0.25) is 0 Å². The fraction of sp³-hybridized carbons (Fsp3) is 0.364. The van der Waals surface area contributed by atoms with Crippen LogP contribution in [0.1, 0.15) is 23.7 Å². The van der Waals surface area contributed by atoms with E-state index in [9.17, 15) is 9.18 Å². The van der Waals surface area contributed by atoms with Crippen LogP contribution in [0.5, 0.6) is 0 Å². The van der Waals surface area contributed by atoms with Crippen molar-refractivity contribution in [2.24, 2.45) is 5.73 Å². The average Bonchev–Trinajstić information content (AvgIpc) is 2.21. The molecule has 3 N–H and O–H groups in total. The Hall–Kier alpha value is -0.940. The summed E-state index contributed by atoms with van der Waals surface area (Å²) in [7, 11) is 0. The number of nitrogens with two attached hydrogens (primary N) is 1. The number of amides is 1. The number of hydrogen-bond donors (Lipinski definition) is 2. The largest absolute Gasteiger partial charge is 0.352 e. The molecule has 0 fully saturated rings. The van der Waals surface area contributed by atoms with Crippen LogP contribution in [0.25, 0.3) is 0 Å². The van der Waals surface area contributed by atoms with Crippen LogP contribution in [0.4, 0.5) is 4.39 Å². The van der Waals surface area contributed by atoms with Gasteiger partial charge in [-0.05, 0) is 41.4 Å². The molecule has 0 radical (unpaired) electrons. The summed E-state index contributed by atoms with van der Waals surface area (Å²) < 4.78 is 13.3. The summed E-state index contributed by atoms with van der Waals surface area (Å²) >= 11 is 3.04.